The van der Waals surface area contributed by atoms with Crippen molar-refractivity contribution in [3.8, 4) is 17.0 Å². The summed E-state index contributed by atoms with van der Waals surface area (Å²) in [6.45, 7) is 8.99. The number of rotatable bonds is 7. The van der Waals surface area contributed by atoms with E-state index < -0.39 is 0 Å². The first-order valence-corrected chi connectivity index (χ1v) is 12.1. The Hall–Kier alpha value is -1.89. The molecule has 0 radical (unpaired) electrons. The summed E-state index contributed by atoms with van der Waals surface area (Å²) >= 11 is 11.0. The zero-order valence-electron chi connectivity index (χ0n) is 18.1. The van der Waals surface area contributed by atoms with Crippen LogP contribution in [0.2, 0.25) is 5.02 Å². The van der Waals surface area contributed by atoms with Gasteiger partial charge in [-0.05, 0) is 64.5 Å². The molecule has 0 aliphatic rings. The van der Waals surface area contributed by atoms with Crippen LogP contribution in [0.3, 0.4) is 0 Å². The van der Waals surface area contributed by atoms with Crippen molar-refractivity contribution in [2.75, 3.05) is 11.9 Å². The maximum absolute atomic E-state index is 12.3. The number of nitrogens with zero attached hydrogens (tertiary/aromatic N) is 1. The van der Waals surface area contributed by atoms with Crippen LogP contribution in [0.5, 0.6) is 5.75 Å². The molecule has 1 aromatic heterocycles. The fourth-order valence-electron chi connectivity index (χ4n) is 3.01. The Morgan fingerprint density at radius 3 is 2.55 bits per heavy atom. The molecule has 1 heterocycles. The van der Waals surface area contributed by atoms with Crippen LogP contribution in [0.15, 0.2) is 46.9 Å². The average Bonchev–Trinajstić information content (AvgIpc) is 3.06. The number of aryl methyl sites for hydroxylation is 1. The van der Waals surface area contributed by atoms with Gasteiger partial charge in [0.2, 0.25) is 5.91 Å². The van der Waals surface area contributed by atoms with Gasteiger partial charge in [0.05, 0.1) is 16.8 Å². The number of halogens is 2. The summed E-state index contributed by atoms with van der Waals surface area (Å²) in [5.41, 5.74) is 3.17. The first kappa shape index (κ1) is 23.8. The number of nitrogens with one attached hydrogen (secondary N) is 1. The molecular weight excluding hydrogens is 496 g/mol. The highest BCUT2D eigenvalue weighted by atomic mass is 79.9. The molecule has 4 nitrogen and oxygen atoms in total. The van der Waals surface area contributed by atoms with E-state index in [0.29, 0.717) is 29.6 Å². The second-order valence-electron chi connectivity index (χ2n) is 8.33. The highest BCUT2D eigenvalue weighted by molar-refractivity contribution is 9.10. The summed E-state index contributed by atoms with van der Waals surface area (Å²) in [7, 11) is 0. The first-order valence-electron chi connectivity index (χ1n) is 10.1. The molecule has 0 aliphatic carbocycles. The lowest BCUT2D eigenvalue weighted by Gasteiger charge is -2.20. The van der Waals surface area contributed by atoms with Crippen LogP contribution in [-0.2, 0) is 10.2 Å². The molecule has 31 heavy (non-hydrogen) atoms. The smallest absolute Gasteiger partial charge is 0.226 e. The molecule has 1 N–H and O–H groups in total. The standard InChI is InChI=1S/C24H26BrClN2O2S/c1-15-22(16-7-10-18(26)11-8-16)28-23(31-15)27-21(29)6-5-13-30-20-12-9-17(14-19(20)25)24(2,3)4/h7-12,14H,5-6,13H2,1-4H3,(H,27,28,29). The molecular formula is C24H26BrClN2O2S. The molecule has 0 fully saturated rings. The van der Waals surface area contributed by atoms with E-state index in [1.807, 2.05) is 37.3 Å². The van der Waals surface area contributed by atoms with Gasteiger partial charge in [0.1, 0.15) is 5.75 Å². The molecule has 164 valence electrons. The minimum absolute atomic E-state index is 0.0675. The van der Waals surface area contributed by atoms with E-state index in [1.54, 1.807) is 0 Å². The minimum Gasteiger partial charge on any atom is -0.492 e. The predicted molar refractivity (Wildman–Crippen MR) is 133 cm³/mol. The SMILES string of the molecule is Cc1sc(NC(=O)CCCOc2ccc(C(C)(C)C)cc2Br)nc1-c1ccc(Cl)cc1. The van der Waals surface area contributed by atoms with Gasteiger partial charge in [-0.3, -0.25) is 4.79 Å². The van der Waals surface area contributed by atoms with Crippen molar-refractivity contribution < 1.29 is 9.53 Å². The maximum Gasteiger partial charge on any atom is 0.226 e. The predicted octanol–water partition coefficient (Wildman–Crippen LogP) is 7.63. The summed E-state index contributed by atoms with van der Waals surface area (Å²) < 4.78 is 6.77. The van der Waals surface area contributed by atoms with Gasteiger partial charge in [-0.2, -0.15) is 0 Å². The normalized spacial score (nSPS) is 11.4. The summed E-state index contributed by atoms with van der Waals surface area (Å²) in [6, 6.07) is 13.7. The van der Waals surface area contributed by atoms with Crippen LogP contribution in [0.25, 0.3) is 11.3 Å². The fourth-order valence-corrected chi connectivity index (χ4v) is 4.48. The van der Waals surface area contributed by atoms with Gasteiger partial charge in [0, 0.05) is 21.9 Å². The second kappa shape index (κ2) is 10.2. The van der Waals surface area contributed by atoms with Crippen LogP contribution in [-0.4, -0.2) is 17.5 Å². The Bertz CT molecular complexity index is 1060. The Morgan fingerprint density at radius 1 is 1.19 bits per heavy atom. The van der Waals surface area contributed by atoms with Crippen LogP contribution >= 0.6 is 38.9 Å². The van der Waals surface area contributed by atoms with Gasteiger partial charge in [0.25, 0.3) is 0 Å². The van der Waals surface area contributed by atoms with Gasteiger partial charge in [-0.25, -0.2) is 4.98 Å². The third kappa shape index (κ3) is 6.55. The highest BCUT2D eigenvalue weighted by Crippen LogP contribution is 2.32. The minimum atomic E-state index is -0.0675. The Balaban J connectivity index is 1.49. The highest BCUT2D eigenvalue weighted by Gasteiger charge is 2.16. The van der Waals surface area contributed by atoms with E-state index in [-0.39, 0.29) is 11.3 Å². The summed E-state index contributed by atoms with van der Waals surface area (Å²) in [4.78, 5) is 17.9. The molecule has 3 rings (SSSR count). The van der Waals surface area contributed by atoms with Crippen molar-refractivity contribution in [1.82, 2.24) is 4.98 Å². The lowest BCUT2D eigenvalue weighted by Crippen LogP contribution is -2.13. The number of anilines is 1. The molecule has 1 amide bonds. The van der Waals surface area contributed by atoms with Gasteiger partial charge in [-0.1, -0.05) is 50.6 Å². The van der Waals surface area contributed by atoms with Crippen LogP contribution in [0, 0.1) is 6.92 Å². The van der Waals surface area contributed by atoms with E-state index >= 15 is 0 Å². The topological polar surface area (TPSA) is 51.2 Å². The summed E-state index contributed by atoms with van der Waals surface area (Å²) in [6.07, 6.45) is 0.986. The van der Waals surface area contributed by atoms with Gasteiger partial charge in [0.15, 0.2) is 5.13 Å². The largest absolute Gasteiger partial charge is 0.492 e. The summed E-state index contributed by atoms with van der Waals surface area (Å²) in [5, 5.41) is 4.19. The third-order valence-electron chi connectivity index (χ3n) is 4.76. The number of aromatic nitrogens is 1. The number of hydrogen-bond donors (Lipinski definition) is 1. The first-order chi connectivity index (χ1) is 14.6. The van der Waals surface area contributed by atoms with Crippen LogP contribution < -0.4 is 10.1 Å². The molecule has 0 saturated heterocycles. The number of ether oxygens (including phenoxy) is 1. The Kier molecular flexibility index (Phi) is 7.78. The van der Waals surface area contributed by atoms with Gasteiger partial charge < -0.3 is 10.1 Å². The van der Waals surface area contributed by atoms with E-state index in [0.717, 1.165) is 26.4 Å². The lowest BCUT2D eigenvalue weighted by molar-refractivity contribution is -0.116. The third-order valence-corrected chi connectivity index (χ3v) is 6.52. The molecule has 3 aromatic rings. The Morgan fingerprint density at radius 2 is 1.90 bits per heavy atom. The van der Waals surface area contributed by atoms with E-state index in [1.165, 1.54) is 16.9 Å². The lowest BCUT2D eigenvalue weighted by atomic mass is 9.87. The number of hydrogen-bond acceptors (Lipinski definition) is 4. The molecule has 0 atom stereocenters. The van der Waals surface area contributed by atoms with Crippen molar-refractivity contribution in [2.45, 2.75) is 46.0 Å². The monoisotopic (exact) mass is 520 g/mol. The second-order valence-corrected chi connectivity index (χ2v) is 10.8. The molecule has 0 aliphatic heterocycles. The maximum atomic E-state index is 12.3. The number of benzene rings is 2. The van der Waals surface area contributed by atoms with E-state index in [9.17, 15) is 4.79 Å². The number of thiazole rings is 1. The number of amides is 1. The van der Waals surface area contributed by atoms with Crippen molar-refractivity contribution in [3.63, 3.8) is 0 Å². The Labute approximate surface area is 201 Å². The van der Waals surface area contributed by atoms with Gasteiger partial charge >= 0.3 is 0 Å². The quantitative estimate of drug-likeness (QED) is 0.325. The van der Waals surface area contributed by atoms with Gasteiger partial charge in [-0.15, -0.1) is 11.3 Å². The fraction of sp³-hybridized carbons (Fsp3) is 0.333. The molecule has 2 aromatic carbocycles. The number of carbonyl (C=O) groups is 1. The molecule has 7 heteroatoms. The molecule has 0 unspecified atom stereocenters. The molecule has 0 bridgehead atoms. The van der Waals surface area contributed by atoms with Crippen molar-refractivity contribution in [1.29, 1.82) is 0 Å². The van der Waals surface area contributed by atoms with Crippen molar-refractivity contribution in [2.24, 2.45) is 0 Å². The van der Waals surface area contributed by atoms with Crippen LogP contribution in [0.4, 0.5) is 5.13 Å². The van der Waals surface area contributed by atoms with Crippen molar-refractivity contribution >= 4 is 49.9 Å². The summed E-state index contributed by atoms with van der Waals surface area (Å²) in [5.74, 6) is 0.721. The van der Waals surface area contributed by atoms with E-state index in [4.69, 9.17) is 16.3 Å². The number of carbonyl (C=O) groups excluding carboxylic acids is 1. The zero-order valence-corrected chi connectivity index (χ0v) is 21.2. The van der Waals surface area contributed by atoms with Crippen molar-refractivity contribution in [3.05, 3.63) is 62.4 Å². The molecule has 0 saturated carbocycles. The van der Waals surface area contributed by atoms with E-state index in [2.05, 4.69) is 59.1 Å². The molecule has 0 spiro atoms. The zero-order chi connectivity index (χ0) is 22.6. The van der Waals surface area contributed by atoms with Crippen LogP contribution in [0.1, 0.15) is 44.1 Å². The average molecular weight is 522 g/mol.